The van der Waals surface area contributed by atoms with E-state index >= 15 is 0 Å². The third-order valence-electron chi connectivity index (χ3n) is 2.38. The number of unbranched alkanes of at least 4 members (excludes halogenated alkanes) is 2. The Morgan fingerprint density at radius 3 is 2.50 bits per heavy atom. The van der Waals surface area contributed by atoms with Crippen LogP contribution in [0, 0.1) is 0 Å². The molecule has 1 amide bonds. The molecule has 0 aliphatic rings. The molecule has 1 rings (SSSR count). The Morgan fingerprint density at radius 1 is 1.25 bits per heavy atom. The molecule has 0 saturated heterocycles. The Hall–Kier alpha value is -1.51. The maximum Gasteiger partial charge on any atom is 0.224 e. The van der Waals surface area contributed by atoms with Crippen molar-refractivity contribution in [2.75, 3.05) is 12.4 Å². The van der Waals surface area contributed by atoms with Crippen LogP contribution in [0.15, 0.2) is 24.3 Å². The van der Waals surface area contributed by atoms with E-state index in [-0.39, 0.29) is 5.91 Å². The largest absolute Gasteiger partial charge is 0.497 e. The Bertz CT molecular complexity index is 319. The van der Waals surface area contributed by atoms with Crippen molar-refractivity contribution in [2.24, 2.45) is 0 Å². The standard InChI is InChI=1S/C13H19NO2/c1-3-4-5-6-13(15)14-11-7-9-12(16-2)10-8-11/h7-10H,3-6H2,1-2H3,(H,14,15). The monoisotopic (exact) mass is 221 g/mol. The van der Waals surface area contributed by atoms with E-state index in [0.29, 0.717) is 6.42 Å². The van der Waals surface area contributed by atoms with Gasteiger partial charge in [-0.1, -0.05) is 19.8 Å². The van der Waals surface area contributed by atoms with Crippen LogP contribution in [0.2, 0.25) is 0 Å². The number of amides is 1. The second-order valence-corrected chi connectivity index (χ2v) is 3.73. The summed E-state index contributed by atoms with van der Waals surface area (Å²) in [5.74, 6) is 0.877. The first-order valence-corrected chi connectivity index (χ1v) is 5.70. The predicted octanol–water partition coefficient (Wildman–Crippen LogP) is 3.21. The molecule has 0 heterocycles. The number of benzene rings is 1. The molecule has 0 saturated carbocycles. The van der Waals surface area contributed by atoms with Gasteiger partial charge in [-0.2, -0.15) is 0 Å². The van der Waals surface area contributed by atoms with Gasteiger partial charge in [-0.25, -0.2) is 0 Å². The fraction of sp³-hybridized carbons (Fsp3) is 0.462. The molecule has 3 nitrogen and oxygen atoms in total. The molecule has 0 atom stereocenters. The van der Waals surface area contributed by atoms with Crippen molar-refractivity contribution in [2.45, 2.75) is 32.6 Å². The lowest BCUT2D eigenvalue weighted by molar-refractivity contribution is -0.116. The summed E-state index contributed by atoms with van der Waals surface area (Å²) in [4.78, 5) is 11.5. The lowest BCUT2D eigenvalue weighted by Gasteiger charge is -2.05. The number of hydrogen-bond acceptors (Lipinski definition) is 2. The molecule has 0 aliphatic carbocycles. The molecule has 1 aromatic carbocycles. The Kier molecular flexibility index (Phi) is 5.40. The quantitative estimate of drug-likeness (QED) is 0.749. The van der Waals surface area contributed by atoms with Crippen LogP contribution in [0.4, 0.5) is 5.69 Å². The van der Waals surface area contributed by atoms with Gasteiger partial charge in [-0.15, -0.1) is 0 Å². The second-order valence-electron chi connectivity index (χ2n) is 3.73. The van der Waals surface area contributed by atoms with Crippen LogP contribution < -0.4 is 10.1 Å². The summed E-state index contributed by atoms with van der Waals surface area (Å²) in [5.41, 5.74) is 0.822. The zero-order valence-electron chi connectivity index (χ0n) is 9.95. The van der Waals surface area contributed by atoms with Gasteiger partial charge in [0.1, 0.15) is 5.75 Å². The van der Waals surface area contributed by atoms with Gasteiger partial charge in [-0.05, 0) is 30.7 Å². The van der Waals surface area contributed by atoms with Crippen molar-refractivity contribution >= 4 is 11.6 Å². The molecule has 0 unspecified atom stereocenters. The van der Waals surface area contributed by atoms with Crippen LogP contribution in [0.1, 0.15) is 32.6 Å². The lowest BCUT2D eigenvalue weighted by Crippen LogP contribution is -2.10. The first-order chi connectivity index (χ1) is 7.76. The minimum absolute atomic E-state index is 0.0821. The van der Waals surface area contributed by atoms with Crippen LogP contribution in [0.3, 0.4) is 0 Å². The molecule has 0 fully saturated rings. The van der Waals surface area contributed by atoms with Crippen molar-refractivity contribution in [1.29, 1.82) is 0 Å². The number of nitrogens with one attached hydrogen (secondary N) is 1. The van der Waals surface area contributed by atoms with E-state index < -0.39 is 0 Å². The van der Waals surface area contributed by atoms with Crippen molar-refractivity contribution in [3.05, 3.63) is 24.3 Å². The predicted molar refractivity (Wildman–Crippen MR) is 65.8 cm³/mol. The first kappa shape index (κ1) is 12.6. The third-order valence-corrected chi connectivity index (χ3v) is 2.38. The number of rotatable bonds is 6. The highest BCUT2D eigenvalue weighted by Crippen LogP contribution is 2.15. The minimum atomic E-state index is 0.0821. The van der Waals surface area contributed by atoms with Gasteiger partial charge < -0.3 is 10.1 Å². The fourth-order valence-electron chi connectivity index (χ4n) is 1.43. The average Bonchev–Trinajstić information content (AvgIpc) is 2.30. The van der Waals surface area contributed by atoms with Crippen LogP contribution in [-0.4, -0.2) is 13.0 Å². The number of hydrogen-bond donors (Lipinski definition) is 1. The number of methoxy groups -OCH3 is 1. The summed E-state index contributed by atoms with van der Waals surface area (Å²) in [6.45, 7) is 2.13. The highest BCUT2D eigenvalue weighted by molar-refractivity contribution is 5.90. The molecule has 16 heavy (non-hydrogen) atoms. The Morgan fingerprint density at radius 2 is 1.94 bits per heavy atom. The summed E-state index contributed by atoms with van der Waals surface area (Å²) in [6, 6.07) is 7.36. The molecule has 1 aromatic rings. The van der Waals surface area contributed by atoms with Crippen LogP contribution >= 0.6 is 0 Å². The normalized spacial score (nSPS) is 9.88. The molecular formula is C13H19NO2. The Balaban J connectivity index is 2.37. The van der Waals surface area contributed by atoms with Crippen molar-refractivity contribution in [3.8, 4) is 5.75 Å². The highest BCUT2D eigenvalue weighted by atomic mass is 16.5. The van der Waals surface area contributed by atoms with E-state index in [1.807, 2.05) is 24.3 Å². The van der Waals surface area contributed by atoms with E-state index in [1.54, 1.807) is 7.11 Å². The molecule has 0 aliphatic heterocycles. The SMILES string of the molecule is CCCCCC(=O)Nc1ccc(OC)cc1. The van der Waals surface area contributed by atoms with Gasteiger partial charge in [-0.3, -0.25) is 4.79 Å². The van der Waals surface area contributed by atoms with Crippen LogP contribution in [0.5, 0.6) is 5.75 Å². The zero-order valence-corrected chi connectivity index (χ0v) is 9.95. The second kappa shape index (κ2) is 6.88. The average molecular weight is 221 g/mol. The van der Waals surface area contributed by atoms with Crippen molar-refractivity contribution in [3.63, 3.8) is 0 Å². The van der Waals surface area contributed by atoms with Gasteiger partial charge in [0.05, 0.1) is 7.11 Å². The summed E-state index contributed by atoms with van der Waals surface area (Å²) < 4.78 is 5.04. The summed E-state index contributed by atoms with van der Waals surface area (Å²) in [7, 11) is 1.62. The number of anilines is 1. The zero-order chi connectivity index (χ0) is 11.8. The smallest absolute Gasteiger partial charge is 0.224 e. The minimum Gasteiger partial charge on any atom is -0.497 e. The molecule has 0 spiro atoms. The van der Waals surface area contributed by atoms with Gasteiger partial charge in [0.2, 0.25) is 5.91 Å². The molecule has 0 bridgehead atoms. The van der Waals surface area contributed by atoms with E-state index in [4.69, 9.17) is 4.74 Å². The van der Waals surface area contributed by atoms with E-state index in [2.05, 4.69) is 12.2 Å². The summed E-state index contributed by atoms with van der Waals surface area (Å²) in [6.07, 6.45) is 3.80. The maximum atomic E-state index is 11.5. The highest BCUT2D eigenvalue weighted by Gasteiger charge is 2.01. The van der Waals surface area contributed by atoms with Gasteiger partial charge in [0.25, 0.3) is 0 Å². The van der Waals surface area contributed by atoms with Crippen molar-refractivity contribution in [1.82, 2.24) is 0 Å². The molecule has 0 aromatic heterocycles. The van der Waals surface area contributed by atoms with E-state index in [0.717, 1.165) is 30.7 Å². The van der Waals surface area contributed by atoms with E-state index in [1.165, 1.54) is 0 Å². The summed E-state index contributed by atoms with van der Waals surface area (Å²) in [5, 5.41) is 2.86. The number of carbonyl (C=O) groups excluding carboxylic acids is 1. The molecule has 3 heteroatoms. The summed E-state index contributed by atoms with van der Waals surface area (Å²) >= 11 is 0. The van der Waals surface area contributed by atoms with Gasteiger partial charge in [0, 0.05) is 12.1 Å². The van der Waals surface area contributed by atoms with Crippen molar-refractivity contribution < 1.29 is 9.53 Å². The fourth-order valence-corrected chi connectivity index (χ4v) is 1.43. The molecule has 0 radical (unpaired) electrons. The Labute approximate surface area is 96.8 Å². The van der Waals surface area contributed by atoms with E-state index in [9.17, 15) is 4.79 Å². The number of carbonyl (C=O) groups is 1. The van der Waals surface area contributed by atoms with Gasteiger partial charge in [0.15, 0.2) is 0 Å². The van der Waals surface area contributed by atoms with Gasteiger partial charge >= 0.3 is 0 Å². The topological polar surface area (TPSA) is 38.3 Å². The molecule has 1 N–H and O–H groups in total. The molecular weight excluding hydrogens is 202 g/mol. The third kappa shape index (κ3) is 4.34. The van der Waals surface area contributed by atoms with Crippen LogP contribution in [0.25, 0.3) is 0 Å². The maximum absolute atomic E-state index is 11.5. The number of ether oxygens (including phenoxy) is 1. The first-order valence-electron chi connectivity index (χ1n) is 5.70. The van der Waals surface area contributed by atoms with Crippen LogP contribution in [-0.2, 0) is 4.79 Å². The lowest BCUT2D eigenvalue weighted by atomic mass is 10.2. The molecule has 88 valence electrons.